The van der Waals surface area contributed by atoms with Crippen LogP contribution in [0, 0.1) is 0 Å². The maximum atomic E-state index is 11.6. The van der Waals surface area contributed by atoms with Gasteiger partial charge in [0.1, 0.15) is 11.9 Å². The Labute approximate surface area is 129 Å². The van der Waals surface area contributed by atoms with Crippen LogP contribution in [-0.2, 0) is 37.1 Å². The molecule has 1 N–H and O–H groups in total. The number of sulfone groups is 1. The first-order valence-electron chi connectivity index (χ1n) is 7.00. The van der Waals surface area contributed by atoms with E-state index >= 15 is 0 Å². The number of carbonyl (C=O) groups excluding carboxylic acids is 1. The van der Waals surface area contributed by atoms with Gasteiger partial charge < -0.3 is 14.8 Å². The molecular formula is C13H21N3O5S. The summed E-state index contributed by atoms with van der Waals surface area (Å²) in [6, 6.07) is 0. The maximum Gasteiger partial charge on any atom is 0.235 e. The summed E-state index contributed by atoms with van der Waals surface area (Å²) in [4.78, 5) is 11.6. The van der Waals surface area contributed by atoms with Gasteiger partial charge in [0.25, 0.3) is 0 Å². The topological polar surface area (TPSA) is 99.5 Å². The van der Waals surface area contributed by atoms with Crippen LogP contribution < -0.4 is 5.32 Å². The maximum absolute atomic E-state index is 11.6. The molecule has 2 rings (SSSR count). The Morgan fingerprint density at radius 1 is 1.59 bits per heavy atom. The number of nitrogens with one attached hydrogen (secondary N) is 1. The van der Waals surface area contributed by atoms with E-state index in [2.05, 4.69) is 10.4 Å². The molecule has 0 spiro atoms. The molecular weight excluding hydrogens is 310 g/mol. The highest BCUT2D eigenvalue weighted by atomic mass is 32.2. The molecule has 0 aromatic carbocycles. The molecule has 1 aromatic rings. The normalized spacial score (nSPS) is 18.0. The zero-order valence-corrected chi connectivity index (χ0v) is 13.6. The highest BCUT2D eigenvalue weighted by molar-refractivity contribution is 7.91. The van der Waals surface area contributed by atoms with Crippen molar-refractivity contribution in [3.05, 3.63) is 17.5 Å². The van der Waals surface area contributed by atoms with Crippen molar-refractivity contribution in [2.75, 3.05) is 38.9 Å². The van der Waals surface area contributed by atoms with E-state index in [0.717, 1.165) is 23.9 Å². The van der Waals surface area contributed by atoms with Crippen LogP contribution in [-0.4, -0.2) is 63.0 Å². The van der Waals surface area contributed by atoms with Gasteiger partial charge in [-0.15, -0.1) is 0 Å². The molecule has 1 aliphatic heterocycles. The number of methoxy groups -OCH3 is 1. The molecule has 0 saturated carbocycles. The van der Waals surface area contributed by atoms with E-state index in [0.29, 0.717) is 19.8 Å². The molecule has 2 heterocycles. The largest absolute Gasteiger partial charge is 0.383 e. The van der Waals surface area contributed by atoms with Crippen molar-refractivity contribution in [1.82, 2.24) is 15.1 Å². The fraction of sp³-hybridized carbons (Fsp3) is 0.692. The fourth-order valence-electron chi connectivity index (χ4n) is 2.28. The monoisotopic (exact) mass is 331 g/mol. The van der Waals surface area contributed by atoms with Crippen LogP contribution >= 0.6 is 0 Å². The van der Waals surface area contributed by atoms with Crippen molar-refractivity contribution < 1.29 is 22.7 Å². The Bertz CT molecular complexity index is 626. The predicted molar refractivity (Wildman–Crippen MR) is 79.2 cm³/mol. The zero-order valence-electron chi connectivity index (χ0n) is 12.7. The van der Waals surface area contributed by atoms with Crippen LogP contribution in [0.15, 0.2) is 6.20 Å². The third-order valence-corrected chi connectivity index (χ3v) is 4.05. The molecule has 1 aromatic heterocycles. The van der Waals surface area contributed by atoms with E-state index in [1.807, 2.05) is 6.20 Å². The summed E-state index contributed by atoms with van der Waals surface area (Å²) in [6.07, 6.45) is 3.41. The molecule has 1 atom stereocenters. The lowest BCUT2D eigenvalue weighted by atomic mass is 10.1. The lowest BCUT2D eigenvalue weighted by molar-refractivity contribution is -0.119. The Balaban J connectivity index is 1.96. The number of aromatic nitrogens is 2. The molecule has 124 valence electrons. The van der Waals surface area contributed by atoms with E-state index in [9.17, 15) is 13.2 Å². The highest BCUT2D eigenvalue weighted by Gasteiger charge is 2.25. The minimum absolute atomic E-state index is 0.211. The smallest absolute Gasteiger partial charge is 0.235 e. The van der Waals surface area contributed by atoms with Gasteiger partial charge in [-0.3, -0.25) is 9.48 Å². The molecule has 0 saturated heterocycles. The number of rotatable bonds is 7. The lowest BCUT2D eigenvalue weighted by Gasteiger charge is -2.22. The first-order valence-corrected chi connectivity index (χ1v) is 9.06. The summed E-state index contributed by atoms with van der Waals surface area (Å²) < 4.78 is 34.6. The van der Waals surface area contributed by atoms with E-state index in [1.165, 1.54) is 0 Å². The average molecular weight is 331 g/mol. The van der Waals surface area contributed by atoms with Crippen molar-refractivity contribution in [2.24, 2.45) is 0 Å². The summed E-state index contributed by atoms with van der Waals surface area (Å²) in [5, 5.41) is 7.05. The van der Waals surface area contributed by atoms with Crippen molar-refractivity contribution in [3.63, 3.8) is 0 Å². The van der Waals surface area contributed by atoms with Gasteiger partial charge in [0.15, 0.2) is 9.84 Å². The summed E-state index contributed by atoms with van der Waals surface area (Å²) in [7, 11) is -1.70. The van der Waals surface area contributed by atoms with Crippen molar-refractivity contribution in [3.8, 4) is 0 Å². The first kappa shape index (κ1) is 16.9. The third-order valence-electron chi connectivity index (χ3n) is 3.27. The summed E-state index contributed by atoms with van der Waals surface area (Å²) in [5.41, 5.74) is 1.88. The van der Waals surface area contributed by atoms with Gasteiger partial charge in [-0.25, -0.2) is 8.42 Å². The van der Waals surface area contributed by atoms with E-state index < -0.39 is 21.5 Å². The number of amides is 1. The molecule has 22 heavy (non-hydrogen) atoms. The van der Waals surface area contributed by atoms with Gasteiger partial charge in [-0.2, -0.15) is 5.10 Å². The van der Waals surface area contributed by atoms with Crippen LogP contribution in [0.1, 0.15) is 17.4 Å². The fourth-order valence-corrected chi connectivity index (χ4v) is 2.86. The molecule has 1 unspecified atom stereocenters. The predicted octanol–water partition coefficient (Wildman–Crippen LogP) is -0.696. The van der Waals surface area contributed by atoms with Gasteiger partial charge >= 0.3 is 0 Å². The van der Waals surface area contributed by atoms with Gasteiger partial charge in [0, 0.05) is 26.1 Å². The van der Waals surface area contributed by atoms with Crippen molar-refractivity contribution in [1.29, 1.82) is 0 Å². The van der Waals surface area contributed by atoms with Crippen LogP contribution in [0.4, 0.5) is 0 Å². The van der Waals surface area contributed by atoms with Crippen molar-refractivity contribution >= 4 is 15.7 Å². The summed E-state index contributed by atoms with van der Waals surface area (Å²) in [5.74, 6) is -1.05. The number of carbonyl (C=O) groups is 1. The zero-order chi connectivity index (χ0) is 16.2. The molecule has 8 nitrogen and oxygen atoms in total. The molecule has 9 heteroatoms. The van der Waals surface area contributed by atoms with Crippen molar-refractivity contribution in [2.45, 2.75) is 19.1 Å². The number of hydrogen-bond acceptors (Lipinski definition) is 6. The number of fused-ring (bicyclic) bond motifs is 1. The number of nitrogens with zero attached hydrogens (tertiary/aromatic N) is 2. The van der Waals surface area contributed by atoms with E-state index in [-0.39, 0.29) is 12.6 Å². The average Bonchev–Trinajstić information content (AvgIpc) is 2.84. The Morgan fingerprint density at radius 3 is 3.05 bits per heavy atom. The second kappa shape index (κ2) is 7.21. The highest BCUT2D eigenvalue weighted by Crippen LogP contribution is 2.25. The molecule has 0 bridgehead atoms. The summed E-state index contributed by atoms with van der Waals surface area (Å²) in [6.45, 7) is 1.98. The van der Waals surface area contributed by atoms with Gasteiger partial charge in [-0.1, -0.05) is 0 Å². The Morgan fingerprint density at radius 2 is 2.36 bits per heavy atom. The van der Waals surface area contributed by atoms with Crippen LogP contribution in [0.2, 0.25) is 0 Å². The quantitative estimate of drug-likeness (QED) is 0.709. The van der Waals surface area contributed by atoms with Gasteiger partial charge in [0.05, 0.1) is 25.5 Å². The van der Waals surface area contributed by atoms with E-state index in [4.69, 9.17) is 9.47 Å². The second-order valence-corrected chi connectivity index (χ2v) is 7.42. The molecule has 0 fully saturated rings. The molecule has 1 aliphatic rings. The number of hydrogen-bond donors (Lipinski definition) is 1. The van der Waals surface area contributed by atoms with Gasteiger partial charge in [-0.05, 0) is 12.0 Å². The van der Waals surface area contributed by atoms with Crippen LogP contribution in [0.25, 0.3) is 0 Å². The lowest BCUT2D eigenvalue weighted by Crippen LogP contribution is -2.35. The van der Waals surface area contributed by atoms with Gasteiger partial charge in [0.2, 0.25) is 5.91 Å². The minimum Gasteiger partial charge on any atom is -0.383 e. The first-order chi connectivity index (χ1) is 10.4. The van der Waals surface area contributed by atoms with E-state index in [1.54, 1.807) is 11.8 Å². The third kappa shape index (κ3) is 4.79. The Hall–Kier alpha value is -1.45. The minimum atomic E-state index is -3.33. The van der Waals surface area contributed by atoms with Crippen LogP contribution in [0.5, 0.6) is 0 Å². The van der Waals surface area contributed by atoms with Crippen LogP contribution in [0.3, 0.4) is 0 Å². The molecule has 0 radical (unpaired) electrons. The Kier molecular flexibility index (Phi) is 5.54. The second-order valence-electron chi connectivity index (χ2n) is 5.28. The summed E-state index contributed by atoms with van der Waals surface area (Å²) >= 11 is 0. The molecule has 0 aliphatic carbocycles. The standard InChI is InChI=1S/C13H21N3O5S/c1-20-6-4-16-8-10-3-5-21-11(13(10)15-16)7-14-12(17)9-22(2,18)19/h8,11H,3-7,9H2,1-2H3,(H,14,17). The SMILES string of the molecule is COCCn1cc2c(n1)C(CNC(=O)CS(C)(=O)=O)OCC2. The molecule has 1 amide bonds. The number of ether oxygens (including phenoxy) is 2.